The van der Waals surface area contributed by atoms with Crippen LogP contribution in [0.15, 0.2) is 84.3 Å². The number of amides is 7. The third kappa shape index (κ3) is 6.66. The molecule has 3 aromatic rings. The van der Waals surface area contributed by atoms with E-state index < -0.39 is 5.50 Å². The largest absolute Gasteiger partial charge is 0.479 e. The molecule has 0 saturated heterocycles. The van der Waals surface area contributed by atoms with Crippen molar-refractivity contribution in [1.29, 1.82) is 0 Å². The molecule has 0 saturated carbocycles. The number of fused-ring (bicyclic) bond motifs is 3. The van der Waals surface area contributed by atoms with Crippen molar-refractivity contribution in [3.05, 3.63) is 118 Å². The van der Waals surface area contributed by atoms with Crippen LogP contribution in [0.2, 0.25) is 0 Å². The molecule has 7 rings (SSSR count). The van der Waals surface area contributed by atoms with E-state index in [1.165, 1.54) is 26.5 Å². The highest BCUT2D eigenvalue weighted by Crippen LogP contribution is 2.31. The molecule has 278 valence electrons. The van der Waals surface area contributed by atoms with E-state index in [0.29, 0.717) is 69.9 Å². The van der Waals surface area contributed by atoms with Gasteiger partial charge in [-0.15, -0.1) is 11.8 Å². The molecule has 0 radical (unpaired) electrons. The second-order valence-electron chi connectivity index (χ2n) is 13.6. The summed E-state index contributed by atoms with van der Waals surface area (Å²) in [7, 11) is 0. The number of hydrogen-bond donors (Lipinski definition) is 1. The molecule has 3 aromatic carbocycles. The molecule has 13 nitrogen and oxygen atoms in total. The summed E-state index contributed by atoms with van der Waals surface area (Å²) in [5.41, 5.74) is 2.04. The molecule has 0 spiro atoms. The minimum Gasteiger partial charge on any atom is -0.479 e. The normalized spacial score (nSPS) is 18.0. The lowest BCUT2D eigenvalue weighted by Crippen LogP contribution is -2.54. The first-order valence-corrected chi connectivity index (χ1v) is 19.0. The summed E-state index contributed by atoms with van der Waals surface area (Å²) in [5.74, 6) is -1.82. The molecular formula is C40H39N5O8S. The van der Waals surface area contributed by atoms with Gasteiger partial charge in [0, 0.05) is 26.2 Å². The van der Waals surface area contributed by atoms with Gasteiger partial charge in [0.25, 0.3) is 41.4 Å². The molecule has 0 aromatic heterocycles. The van der Waals surface area contributed by atoms with Crippen molar-refractivity contribution in [1.82, 2.24) is 24.9 Å². The number of nitrogens with one attached hydrogen (secondary N) is 1. The molecule has 14 heteroatoms. The van der Waals surface area contributed by atoms with E-state index in [0.717, 1.165) is 0 Å². The standard InChI is InChI=1S/C40H39N5O8S/c1-24(2)31-32(53-22-10-20-43-35(48)27-14-5-6-15-28(27)36(43)49)41-40(54-23-11-21-44-37(50)29-16-7-8-17-30(29)38(44)51)45(39(31)52)19-9-18-42-33(46)25-12-3-4-13-26(25)34(42)47/h3-8,12-17,24,40-41H,9-11,18-23H2,1-2H3. The summed E-state index contributed by atoms with van der Waals surface area (Å²) in [6.45, 7) is 4.56. The van der Waals surface area contributed by atoms with Gasteiger partial charge >= 0.3 is 0 Å². The van der Waals surface area contributed by atoms with Crippen molar-refractivity contribution in [2.24, 2.45) is 5.92 Å². The summed E-state index contributed by atoms with van der Waals surface area (Å²) in [4.78, 5) is 97.0. The molecule has 4 aliphatic rings. The zero-order valence-corrected chi connectivity index (χ0v) is 30.7. The van der Waals surface area contributed by atoms with E-state index in [-0.39, 0.29) is 80.1 Å². The minimum atomic E-state index is -0.615. The molecule has 0 bridgehead atoms. The fourth-order valence-corrected chi connectivity index (χ4v) is 8.24. The molecule has 1 unspecified atom stereocenters. The molecule has 54 heavy (non-hydrogen) atoms. The molecule has 1 N–H and O–H groups in total. The number of carbonyl (C=O) groups is 7. The van der Waals surface area contributed by atoms with Crippen LogP contribution in [0.5, 0.6) is 0 Å². The highest BCUT2D eigenvalue weighted by Gasteiger charge is 2.40. The zero-order chi connectivity index (χ0) is 38.1. The summed E-state index contributed by atoms with van der Waals surface area (Å²) >= 11 is 1.41. The van der Waals surface area contributed by atoms with Gasteiger partial charge in [-0.3, -0.25) is 48.3 Å². The molecular weight excluding hydrogens is 711 g/mol. The fraction of sp³-hybridized carbons (Fsp3) is 0.325. The molecule has 4 aliphatic heterocycles. The van der Waals surface area contributed by atoms with Crippen LogP contribution < -0.4 is 5.32 Å². The monoisotopic (exact) mass is 749 g/mol. The van der Waals surface area contributed by atoms with Crippen LogP contribution in [0, 0.1) is 5.92 Å². The molecule has 7 amide bonds. The Morgan fingerprint density at radius 1 is 0.556 bits per heavy atom. The van der Waals surface area contributed by atoms with Crippen molar-refractivity contribution in [2.45, 2.75) is 38.6 Å². The Morgan fingerprint density at radius 3 is 1.35 bits per heavy atom. The first kappa shape index (κ1) is 36.6. The first-order valence-electron chi connectivity index (χ1n) is 18.0. The maximum atomic E-state index is 14.2. The van der Waals surface area contributed by atoms with Crippen molar-refractivity contribution in [3.63, 3.8) is 0 Å². The zero-order valence-electron chi connectivity index (χ0n) is 29.9. The number of carbonyl (C=O) groups excluding carboxylic acids is 7. The SMILES string of the molecule is CC(C)C1=C(OCCCN2C(=O)c3ccccc3C2=O)NC(SCCCN2C(=O)c3ccccc3C2=O)N(CCCN2C(=O)c3ccccc3C2=O)C1=O. The van der Waals surface area contributed by atoms with Gasteiger partial charge in [0.05, 0.1) is 45.6 Å². The first-order chi connectivity index (χ1) is 26.1. The van der Waals surface area contributed by atoms with Crippen molar-refractivity contribution < 1.29 is 38.3 Å². The van der Waals surface area contributed by atoms with Gasteiger partial charge in [-0.25, -0.2) is 0 Å². The third-order valence-corrected chi connectivity index (χ3v) is 11.1. The van der Waals surface area contributed by atoms with Gasteiger partial charge in [-0.1, -0.05) is 50.2 Å². The van der Waals surface area contributed by atoms with E-state index in [2.05, 4.69) is 5.32 Å². The van der Waals surface area contributed by atoms with Crippen LogP contribution in [-0.2, 0) is 9.53 Å². The summed E-state index contributed by atoms with van der Waals surface area (Å²) < 4.78 is 6.18. The summed E-state index contributed by atoms with van der Waals surface area (Å²) in [6, 6.07) is 20.1. The highest BCUT2D eigenvalue weighted by atomic mass is 32.2. The number of nitrogens with zero attached hydrogens (tertiary/aromatic N) is 4. The maximum absolute atomic E-state index is 14.2. The Hall–Kier alpha value is -5.76. The number of hydrogen-bond acceptors (Lipinski definition) is 10. The van der Waals surface area contributed by atoms with Crippen molar-refractivity contribution in [3.8, 4) is 0 Å². The third-order valence-electron chi connectivity index (χ3n) is 9.84. The Morgan fingerprint density at radius 2 is 0.944 bits per heavy atom. The second-order valence-corrected chi connectivity index (χ2v) is 14.8. The quantitative estimate of drug-likeness (QED) is 0.175. The lowest BCUT2D eigenvalue weighted by atomic mass is 10.0. The van der Waals surface area contributed by atoms with Crippen molar-refractivity contribution in [2.75, 3.05) is 38.5 Å². The smallest absolute Gasteiger partial charge is 0.261 e. The minimum absolute atomic E-state index is 0.120. The molecule has 0 aliphatic carbocycles. The number of benzene rings is 3. The predicted octanol–water partition coefficient (Wildman–Crippen LogP) is 4.38. The summed E-state index contributed by atoms with van der Waals surface area (Å²) in [5, 5.41) is 3.38. The van der Waals surface area contributed by atoms with Gasteiger partial charge in [0.1, 0.15) is 0 Å². The van der Waals surface area contributed by atoms with E-state index in [1.807, 2.05) is 13.8 Å². The Bertz CT molecular complexity index is 2010. The van der Waals surface area contributed by atoms with Gasteiger partial charge in [0.2, 0.25) is 0 Å². The van der Waals surface area contributed by atoms with Gasteiger partial charge in [-0.2, -0.15) is 0 Å². The molecule has 0 fully saturated rings. The summed E-state index contributed by atoms with van der Waals surface area (Å²) in [6.07, 6.45) is 1.12. The topological polar surface area (TPSA) is 154 Å². The predicted molar refractivity (Wildman–Crippen MR) is 198 cm³/mol. The number of thioether (sulfide) groups is 1. The average molecular weight is 750 g/mol. The van der Waals surface area contributed by atoms with E-state index in [1.54, 1.807) is 77.7 Å². The highest BCUT2D eigenvalue weighted by molar-refractivity contribution is 7.99. The van der Waals surface area contributed by atoms with Crippen LogP contribution in [0.25, 0.3) is 0 Å². The molecule has 4 heterocycles. The Kier molecular flexibility index (Phi) is 10.4. The average Bonchev–Trinajstić information content (AvgIpc) is 3.67. The van der Waals surface area contributed by atoms with Crippen LogP contribution in [0.3, 0.4) is 0 Å². The molecule has 1 atom stereocenters. The lowest BCUT2D eigenvalue weighted by molar-refractivity contribution is -0.130. The van der Waals surface area contributed by atoms with Gasteiger partial charge in [0.15, 0.2) is 11.4 Å². The van der Waals surface area contributed by atoms with E-state index >= 15 is 0 Å². The Balaban J connectivity index is 1.02. The number of ether oxygens (including phenoxy) is 1. The number of rotatable bonds is 15. The number of imide groups is 3. The Labute approximate surface area is 316 Å². The van der Waals surface area contributed by atoms with E-state index in [9.17, 15) is 33.6 Å². The maximum Gasteiger partial charge on any atom is 0.261 e. The van der Waals surface area contributed by atoms with Crippen LogP contribution in [-0.4, -0.2) is 105 Å². The second kappa shape index (κ2) is 15.3. The fourth-order valence-electron chi connectivity index (χ4n) is 7.15. The van der Waals surface area contributed by atoms with Crippen LogP contribution in [0.4, 0.5) is 0 Å². The lowest BCUT2D eigenvalue weighted by Gasteiger charge is -2.39. The van der Waals surface area contributed by atoms with Gasteiger partial charge < -0.3 is 15.0 Å². The van der Waals surface area contributed by atoms with Crippen LogP contribution in [0.1, 0.15) is 95.3 Å². The van der Waals surface area contributed by atoms with Crippen molar-refractivity contribution >= 4 is 53.1 Å². The van der Waals surface area contributed by atoms with E-state index in [4.69, 9.17) is 4.74 Å². The van der Waals surface area contributed by atoms with Crippen LogP contribution >= 0.6 is 11.8 Å². The van der Waals surface area contributed by atoms with Gasteiger partial charge in [-0.05, 0) is 67.3 Å².